The molecule has 1 saturated heterocycles. The third-order valence-corrected chi connectivity index (χ3v) is 4.82. The number of carbonyl (C=O) groups excluding carboxylic acids is 1. The van der Waals surface area contributed by atoms with Gasteiger partial charge in [0, 0.05) is 25.7 Å². The number of carboxylic acid groups (broad SMARTS) is 1. The van der Waals surface area contributed by atoms with E-state index in [9.17, 15) is 22.8 Å². The van der Waals surface area contributed by atoms with E-state index in [0.717, 1.165) is 25.0 Å². The van der Waals surface area contributed by atoms with Gasteiger partial charge in [0.25, 0.3) is 5.91 Å². The summed E-state index contributed by atoms with van der Waals surface area (Å²) in [5.74, 6) is -1.03. The summed E-state index contributed by atoms with van der Waals surface area (Å²) in [5.41, 5.74) is -0.422. The summed E-state index contributed by atoms with van der Waals surface area (Å²) < 4.78 is 39.9. The molecular formula is C19H20F3N3O3. The molecule has 1 aliphatic rings. The Morgan fingerprint density at radius 2 is 2.04 bits per heavy atom. The van der Waals surface area contributed by atoms with Crippen LogP contribution in [0.15, 0.2) is 36.5 Å². The zero-order valence-electron chi connectivity index (χ0n) is 15.0. The van der Waals surface area contributed by atoms with Gasteiger partial charge in [0.2, 0.25) is 0 Å². The summed E-state index contributed by atoms with van der Waals surface area (Å²) >= 11 is 0. The van der Waals surface area contributed by atoms with Crippen molar-refractivity contribution in [1.82, 2.24) is 14.7 Å². The third-order valence-electron chi connectivity index (χ3n) is 4.82. The fourth-order valence-corrected chi connectivity index (χ4v) is 3.38. The number of halogens is 3. The molecule has 1 N–H and O–H groups in total. The summed E-state index contributed by atoms with van der Waals surface area (Å²) in [7, 11) is 0. The van der Waals surface area contributed by atoms with Crippen LogP contribution >= 0.6 is 0 Å². The average molecular weight is 395 g/mol. The molecule has 3 rings (SSSR count). The van der Waals surface area contributed by atoms with Gasteiger partial charge in [-0.25, -0.2) is 4.68 Å². The molecule has 1 fully saturated rings. The zero-order chi connectivity index (χ0) is 20.3. The number of aromatic nitrogens is 2. The second-order valence-corrected chi connectivity index (χ2v) is 6.89. The zero-order valence-corrected chi connectivity index (χ0v) is 15.0. The van der Waals surface area contributed by atoms with Crippen molar-refractivity contribution in [2.75, 3.05) is 13.1 Å². The van der Waals surface area contributed by atoms with Crippen molar-refractivity contribution in [2.24, 2.45) is 5.92 Å². The van der Waals surface area contributed by atoms with Gasteiger partial charge in [-0.3, -0.25) is 9.59 Å². The molecule has 0 bridgehead atoms. The number of piperidine rings is 1. The molecule has 9 heteroatoms. The Hall–Kier alpha value is -2.84. The first-order valence-electron chi connectivity index (χ1n) is 8.98. The van der Waals surface area contributed by atoms with E-state index in [0.29, 0.717) is 19.5 Å². The van der Waals surface area contributed by atoms with E-state index < -0.39 is 17.7 Å². The van der Waals surface area contributed by atoms with E-state index in [1.54, 1.807) is 4.90 Å². The summed E-state index contributed by atoms with van der Waals surface area (Å²) in [5, 5.41) is 13.0. The van der Waals surface area contributed by atoms with E-state index in [4.69, 9.17) is 5.11 Å². The highest BCUT2D eigenvalue weighted by atomic mass is 19.4. The van der Waals surface area contributed by atoms with Gasteiger partial charge in [0.15, 0.2) is 5.69 Å². The van der Waals surface area contributed by atoms with E-state index >= 15 is 0 Å². The number of amides is 1. The number of benzene rings is 1. The Morgan fingerprint density at radius 1 is 1.25 bits per heavy atom. The maximum absolute atomic E-state index is 12.9. The lowest BCUT2D eigenvalue weighted by Gasteiger charge is -2.32. The van der Waals surface area contributed by atoms with Crippen LogP contribution in [0, 0.1) is 5.92 Å². The summed E-state index contributed by atoms with van der Waals surface area (Å²) in [6.07, 6.45) is -0.774. The van der Waals surface area contributed by atoms with Crippen molar-refractivity contribution in [3.8, 4) is 5.69 Å². The molecule has 1 unspecified atom stereocenters. The van der Waals surface area contributed by atoms with Crippen LogP contribution in [0.25, 0.3) is 5.69 Å². The topological polar surface area (TPSA) is 75.4 Å². The van der Waals surface area contributed by atoms with Gasteiger partial charge in [0.05, 0.1) is 11.3 Å². The molecule has 1 amide bonds. The minimum Gasteiger partial charge on any atom is -0.481 e. The van der Waals surface area contributed by atoms with Crippen molar-refractivity contribution in [3.05, 3.63) is 47.8 Å². The number of rotatable bonds is 5. The molecule has 0 radical (unpaired) electrons. The normalized spacial score (nSPS) is 17.5. The van der Waals surface area contributed by atoms with Gasteiger partial charge >= 0.3 is 12.1 Å². The first-order chi connectivity index (χ1) is 13.2. The van der Waals surface area contributed by atoms with Crippen molar-refractivity contribution in [3.63, 3.8) is 0 Å². The maximum atomic E-state index is 12.9. The molecule has 2 heterocycles. The second kappa shape index (κ2) is 8.04. The highest BCUT2D eigenvalue weighted by molar-refractivity contribution is 5.92. The van der Waals surface area contributed by atoms with Crippen molar-refractivity contribution in [2.45, 2.75) is 31.9 Å². The first kappa shape index (κ1) is 19.9. The molecule has 0 aliphatic carbocycles. The summed E-state index contributed by atoms with van der Waals surface area (Å²) in [4.78, 5) is 25.1. The molecular weight excluding hydrogens is 375 g/mol. The van der Waals surface area contributed by atoms with Gasteiger partial charge in [-0.15, -0.1) is 0 Å². The van der Waals surface area contributed by atoms with Crippen molar-refractivity contribution < 1.29 is 27.9 Å². The summed E-state index contributed by atoms with van der Waals surface area (Å²) in [6, 6.07) is 6.20. The molecule has 1 atom stereocenters. The van der Waals surface area contributed by atoms with E-state index in [1.807, 2.05) is 0 Å². The van der Waals surface area contributed by atoms with Crippen molar-refractivity contribution >= 4 is 11.9 Å². The Balaban J connectivity index is 1.71. The van der Waals surface area contributed by atoms with Crippen molar-refractivity contribution in [1.29, 1.82) is 0 Å². The Bertz CT molecular complexity index is 863. The SMILES string of the molecule is O=C(O)CCC1CCCN(C(=O)c2ccn(-c3cccc(C(F)(F)F)c3)n2)C1. The molecule has 6 nitrogen and oxygen atoms in total. The number of carbonyl (C=O) groups is 2. The lowest BCUT2D eigenvalue weighted by Crippen LogP contribution is -2.40. The quantitative estimate of drug-likeness (QED) is 0.839. The van der Waals surface area contributed by atoms with Crippen LogP contribution in [-0.4, -0.2) is 44.8 Å². The van der Waals surface area contributed by atoms with Gasteiger partial charge in [0.1, 0.15) is 0 Å². The Morgan fingerprint density at radius 3 is 2.75 bits per heavy atom. The second-order valence-electron chi connectivity index (χ2n) is 6.89. The molecule has 0 saturated carbocycles. The number of nitrogens with zero attached hydrogens (tertiary/aromatic N) is 3. The molecule has 150 valence electrons. The van der Waals surface area contributed by atoms with E-state index in [-0.39, 0.29) is 29.6 Å². The van der Waals surface area contributed by atoms with E-state index in [2.05, 4.69) is 5.10 Å². The largest absolute Gasteiger partial charge is 0.481 e. The lowest BCUT2D eigenvalue weighted by atomic mass is 9.93. The minimum atomic E-state index is -4.46. The van der Waals surface area contributed by atoms with Gasteiger partial charge in [-0.05, 0) is 49.4 Å². The first-order valence-corrected chi connectivity index (χ1v) is 8.98. The molecule has 1 aromatic carbocycles. The molecule has 28 heavy (non-hydrogen) atoms. The molecule has 1 aliphatic heterocycles. The predicted molar refractivity (Wildman–Crippen MR) is 94.1 cm³/mol. The molecule has 1 aromatic heterocycles. The number of aliphatic carboxylic acids is 1. The third kappa shape index (κ3) is 4.71. The lowest BCUT2D eigenvalue weighted by molar-refractivity contribution is -0.138. The highest BCUT2D eigenvalue weighted by Crippen LogP contribution is 2.30. The molecule has 0 spiro atoms. The van der Waals surface area contributed by atoms with Crippen LogP contribution in [0.2, 0.25) is 0 Å². The van der Waals surface area contributed by atoms with Gasteiger partial charge in [-0.1, -0.05) is 6.07 Å². The predicted octanol–water partition coefficient (Wildman–Crippen LogP) is 3.61. The minimum absolute atomic E-state index is 0.0663. The number of alkyl halides is 3. The van der Waals surface area contributed by atoms with Crippen LogP contribution in [-0.2, 0) is 11.0 Å². The smallest absolute Gasteiger partial charge is 0.416 e. The van der Waals surface area contributed by atoms with Crippen LogP contribution in [0.4, 0.5) is 13.2 Å². The van der Waals surface area contributed by atoms with E-state index in [1.165, 1.54) is 29.1 Å². The number of hydrogen-bond acceptors (Lipinski definition) is 3. The fourth-order valence-electron chi connectivity index (χ4n) is 3.38. The Labute approximate surface area is 159 Å². The standard InChI is InChI=1S/C19H20F3N3O3/c20-19(21,22)14-4-1-5-15(11-14)25-10-8-16(23-25)18(28)24-9-2-3-13(12-24)6-7-17(26)27/h1,4-5,8,10-11,13H,2-3,6-7,9,12H2,(H,26,27). The van der Waals surface area contributed by atoms with Crippen LogP contribution in [0.5, 0.6) is 0 Å². The van der Waals surface area contributed by atoms with Gasteiger partial charge < -0.3 is 10.0 Å². The highest BCUT2D eigenvalue weighted by Gasteiger charge is 2.31. The Kier molecular flexibility index (Phi) is 5.71. The summed E-state index contributed by atoms with van der Waals surface area (Å²) in [6.45, 7) is 1.02. The molecule has 2 aromatic rings. The number of likely N-dealkylation sites (tertiary alicyclic amines) is 1. The maximum Gasteiger partial charge on any atom is 0.416 e. The average Bonchev–Trinajstić information content (AvgIpc) is 3.15. The monoisotopic (exact) mass is 395 g/mol. The number of carboxylic acids is 1. The van der Waals surface area contributed by atoms with Crippen LogP contribution in [0.3, 0.4) is 0 Å². The van der Waals surface area contributed by atoms with Crippen LogP contribution in [0.1, 0.15) is 41.7 Å². The van der Waals surface area contributed by atoms with Gasteiger partial charge in [-0.2, -0.15) is 18.3 Å². The van der Waals surface area contributed by atoms with Crippen LogP contribution < -0.4 is 0 Å². The number of hydrogen-bond donors (Lipinski definition) is 1. The fraction of sp³-hybridized carbons (Fsp3) is 0.421.